The van der Waals surface area contributed by atoms with E-state index in [1.165, 1.54) is 36.0 Å². The number of aromatic hydroxyl groups is 1. The number of ether oxygens (including phenoxy) is 2. The fourth-order valence-corrected chi connectivity index (χ4v) is 11.6. The number of aromatic nitrogens is 1. The fourth-order valence-electron chi connectivity index (χ4n) is 8.48. The van der Waals surface area contributed by atoms with E-state index in [2.05, 4.69) is 84.4 Å². The molecule has 74 heavy (non-hydrogen) atoms. The zero-order chi connectivity index (χ0) is 53.0. The van der Waals surface area contributed by atoms with Gasteiger partial charge in [-0.2, -0.15) is 0 Å². The van der Waals surface area contributed by atoms with Crippen LogP contribution in [0.15, 0.2) is 137 Å². The molecular weight excluding hydrogens is 1090 g/mol. The quantitative estimate of drug-likeness (QED) is 0.0169. The lowest BCUT2D eigenvalue weighted by molar-refractivity contribution is -0.118. The predicted octanol–water partition coefficient (Wildman–Crippen LogP) is 12.3. The lowest BCUT2D eigenvalue weighted by atomic mass is 10.0. The molecule has 0 radical (unpaired) electrons. The Labute approximate surface area is 446 Å². The molecule has 17 heteroatoms. The Morgan fingerprint density at radius 1 is 0.892 bits per heavy atom. The van der Waals surface area contributed by atoms with E-state index < -0.39 is 24.1 Å². The van der Waals surface area contributed by atoms with Crippen molar-refractivity contribution in [3.05, 3.63) is 155 Å². The van der Waals surface area contributed by atoms with Gasteiger partial charge in [-0.1, -0.05) is 69.3 Å². The molecule has 5 N–H and O–H groups in total. The Morgan fingerprint density at radius 3 is 2.31 bits per heavy atom. The molecule has 2 heterocycles. The maximum atomic E-state index is 14.3. The highest BCUT2D eigenvalue weighted by Gasteiger charge is 2.40. The van der Waals surface area contributed by atoms with Gasteiger partial charge in [0.1, 0.15) is 17.2 Å². The number of aryl methyl sites for hydroxylation is 2. The van der Waals surface area contributed by atoms with Crippen molar-refractivity contribution in [3.63, 3.8) is 0 Å². The molecule has 1 aliphatic rings. The number of unbranched alkanes of at least 4 members (excludes halogenated alkanes) is 1. The van der Waals surface area contributed by atoms with Crippen molar-refractivity contribution in [2.24, 2.45) is 0 Å². The van der Waals surface area contributed by atoms with Gasteiger partial charge in [0.15, 0.2) is 20.7 Å². The van der Waals surface area contributed by atoms with Crippen LogP contribution in [0.4, 0.5) is 22.7 Å². The van der Waals surface area contributed by atoms with Gasteiger partial charge in [-0.15, -0.1) is 0 Å². The minimum atomic E-state index is -4.16. The summed E-state index contributed by atoms with van der Waals surface area (Å²) in [6.07, 6.45) is 3.96. The molecule has 0 fully saturated rings. The molecule has 14 nitrogen and oxygen atoms in total. The van der Waals surface area contributed by atoms with Gasteiger partial charge in [0.05, 0.1) is 39.8 Å². The Hall–Kier alpha value is -6.64. The number of carbonyl (C=O) groups is 3. The smallest absolute Gasteiger partial charge is 0.262 e. The number of carbonyl (C=O) groups excluding carboxylic acids is 3. The topological polar surface area (TPSA) is 194 Å². The molecular formula is C57H60IN5O9SSi. The van der Waals surface area contributed by atoms with Crippen LogP contribution in [-0.4, -0.2) is 69.2 Å². The molecule has 0 saturated heterocycles. The van der Waals surface area contributed by atoms with Gasteiger partial charge in [-0.3, -0.25) is 19.4 Å². The minimum absolute atomic E-state index is 0.0140. The third-order valence-corrected chi connectivity index (χ3v) is 20.4. The van der Waals surface area contributed by atoms with E-state index in [9.17, 15) is 27.9 Å². The standard InChI is InChI=1S/C57H60IN5O9SSi/c1-35-28-44(31-46-51(35)60-32-47(55(58)66)52(46)61-41-14-11-15-42(30-41)70-5)73(68,69)43-16-10-13-39(29-43)56(67)62-40-23-21-38(22-24-40)37-19-17-36(18-20-37)12-8-9-27-59-33-49(72-74(6,7)57(2,3)4)45-25-26-48(64)53-54(45)71-34-50(65)63-53/h10-11,13-26,28-32,49,59,64H,8-9,12,27,33-34H2,1-7H3,(H,60,61)(H,62,67)(H,63,65)/t49-/m0/s1. The van der Waals surface area contributed by atoms with E-state index >= 15 is 0 Å². The first-order valence-electron chi connectivity index (χ1n) is 24.3. The van der Waals surface area contributed by atoms with E-state index in [-0.39, 0.29) is 59.8 Å². The highest BCUT2D eigenvalue weighted by molar-refractivity contribution is 14.1. The Kier molecular flexibility index (Phi) is 16.3. The van der Waals surface area contributed by atoms with Gasteiger partial charge in [0, 0.05) is 69.3 Å². The highest BCUT2D eigenvalue weighted by Crippen LogP contribution is 2.46. The van der Waals surface area contributed by atoms with Crippen LogP contribution in [-0.2, 0) is 25.5 Å². The van der Waals surface area contributed by atoms with Crippen molar-refractivity contribution in [1.29, 1.82) is 0 Å². The second-order valence-corrected chi connectivity index (χ2v) is 27.5. The number of benzene rings is 6. The van der Waals surface area contributed by atoms with Crippen LogP contribution in [0.25, 0.3) is 22.0 Å². The molecule has 1 atom stereocenters. The zero-order valence-corrected chi connectivity index (χ0v) is 46.4. The maximum Gasteiger partial charge on any atom is 0.262 e. The maximum absolute atomic E-state index is 14.3. The number of amides is 2. The number of hydrogen-bond acceptors (Lipinski definition) is 12. The normalized spacial score (nSPS) is 13.1. The summed E-state index contributed by atoms with van der Waals surface area (Å²) in [6.45, 7) is 14.0. The van der Waals surface area contributed by atoms with Crippen molar-refractivity contribution in [1.82, 2.24) is 10.3 Å². The summed E-state index contributed by atoms with van der Waals surface area (Å²) in [4.78, 5) is 42.9. The summed E-state index contributed by atoms with van der Waals surface area (Å²) in [7, 11) is -4.82. The van der Waals surface area contributed by atoms with E-state index in [4.69, 9.17) is 13.9 Å². The number of anilines is 4. The number of halogens is 1. The fraction of sp³-hybridized carbons (Fsp3) is 0.263. The third-order valence-electron chi connectivity index (χ3n) is 13.6. The lowest BCUT2D eigenvalue weighted by Gasteiger charge is -2.40. The molecule has 1 aromatic heterocycles. The molecule has 384 valence electrons. The van der Waals surface area contributed by atoms with E-state index in [1.807, 2.05) is 36.4 Å². The molecule has 0 aliphatic carbocycles. The summed E-state index contributed by atoms with van der Waals surface area (Å²) in [5.74, 6) is 0.227. The van der Waals surface area contributed by atoms with Gasteiger partial charge < -0.3 is 40.3 Å². The third kappa shape index (κ3) is 12.1. The highest BCUT2D eigenvalue weighted by atomic mass is 127. The van der Waals surface area contributed by atoms with Crippen molar-refractivity contribution >= 4 is 90.0 Å². The number of rotatable bonds is 19. The molecule has 0 spiro atoms. The summed E-state index contributed by atoms with van der Waals surface area (Å²) in [5.41, 5.74) is 7.45. The summed E-state index contributed by atoms with van der Waals surface area (Å²) < 4.78 is 46.5. The lowest BCUT2D eigenvalue weighted by Crippen LogP contribution is -2.43. The first kappa shape index (κ1) is 53.6. The number of nitrogens with zero attached hydrogens (tertiary/aromatic N) is 1. The van der Waals surface area contributed by atoms with E-state index in [1.54, 1.807) is 73.0 Å². The van der Waals surface area contributed by atoms with Gasteiger partial charge in [-0.05, 0) is 140 Å². The van der Waals surface area contributed by atoms with Crippen molar-refractivity contribution in [3.8, 4) is 28.4 Å². The molecule has 0 unspecified atom stereocenters. The van der Waals surface area contributed by atoms with Crippen LogP contribution in [0.3, 0.4) is 0 Å². The number of sulfone groups is 1. The predicted molar refractivity (Wildman–Crippen MR) is 302 cm³/mol. The number of fused-ring (bicyclic) bond motifs is 2. The molecule has 0 saturated carbocycles. The Morgan fingerprint density at radius 2 is 1.61 bits per heavy atom. The van der Waals surface area contributed by atoms with Crippen LogP contribution in [0.5, 0.6) is 17.2 Å². The zero-order valence-electron chi connectivity index (χ0n) is 42.4. The second kappa shape index (κ2) is 22.5. The summed E-state index contributed by atoms with van der Waals surface area (Å²) in [6, 6.07) is 35.5. The van der Waals surface area contributed by atoms with Crippen molar-refractivity contribution in [2.75, 3.05) is 42.8 Å². The van der Waals surface area contributed by atoms with Crippen LogP contribution in [0.1, 0.15) is 77.1 Å². The largest absolute Gasteiger partial charge is 0.506 e. The minimum Gasteiger partial charge on any atom is -0.506 e. The van der Waals surface area contributed by atoms with Gasteiger partial charge in [0.2, 0.25) is 13.6 Å². The average Bonchev–Trinajstić information content (AvgIpc) is 3.37. The Balaban J connectivity index is 0.873. The molecule has 7 aromatic rings. The molecule has 1 aliphatic heterocycles. The number of phenolic OH excluding ortho intramolecular Hbond substituents is 1. The number of methoxy groups -OCH3 is 1. The van der Waals surface area contributed by atoms with Gasteiger partial charge in [-0.25, -0.2) is 8.42 Å². The molecule has 8 rings (SSSR count). The number of nitrogens with one attached hydrogen (secondary N) is 4. The Bertz CT molecular complexity index is 3360. The van der Waals surface area contributed by atoms with E-state index in [0.29, 0.717) is 51.6 Å². The monoisotopic (exact) mass is 1150 g/mol. The van der Waals surface area contributed by atoms with Crippen LogP contribution in [0, 0.1) is 6.92 Å². The van der Waals surface area contributed by atoms with Gasteiger partial charge >= 0.3 is 0 Å². The first-order chi connectivity index (χ1) is 35.2. The van der Waals surface area contributed by atoms with Gasteiger partial charge in [0.25, 0.3) is 11.8 Å². The molecule has 2 amide bonds. The van der Waals surface area contributed by atoms with Crippen molar-refractivity contribution < 1.29 is 41.8 Å². The van der Waals surface area contributed by atoms with Crippen LogP contribution < -0.4 is 30.7 Å². The number of pyridine rings is 1. The number of hydrogen-bond donors (Lipinski definition) is 5. The second-order valence-electron chi connectivity index (χ2n) is 19.8. The van der Waals surface area contributed by atoms with Crippen LogP contribution >= 0.6 is 22.6 Å². The first-order valence-corrected chi connectivity index (χ1v) is 29.8. The molecule has 0 bridgehead atoms. The average molecular weight is 1150 g/mol. The molecule has 6 aromatic carbocycles. The summed E-state index contributed by atoms with van der Waals surface area (Å²) in [5, 5.41) is 23.4. The van der Waals surface area contributed by atoms with Crippen LogP contribution in [0.2, 0.25) is 18.1 Å². The van der Waals surface area contributed by atoms with Crippen molar-refractivity contribution in [2.45, 2.75) is 81.0 Å². The summed E-state index contributed by atoms with van der Waals surface area (Å²) >= 11 is 1.69. The SMILES string of the molecule is COc1cccc(Nc2c(C(=O)I)cnc3c(C)cc(S(=O)(=O)c4cccc(C(=O)Nc5ccc(-c6ccc(CCCCNC[C@H](O[Si](C)(C)C(C)(C)C)c7ccc(O)c8c7OCC(=O)N8)cc6)cc5)c4)cc23)c1. The van der Waals surface area contributed by atoms with E-state index in [0.717, 1.165) is 42.5 Å². The number of phenols is 1.